The van der Waals surface area contributed by atoms with Gasteiger partial charge >= 0.3 is 0 Å². The lowest BCUT2D eigenvalue weighted by Gasteiger charge is -2.15. The number of nitrogens with zero attached hydrogens (tertiary/aromatic N) is 3. The first-order valence-corrected chi connectivity index (χ1v) is 7.07. The van der Waals surface area contributed by atoms with Crippen molar-refractivity contribution in [2.75, 3.05) is 18.5 Å². The van der Waals surface area contributed by atoms with Crippen LogP contribution in [0.2, 0.25) is 0 Å². The molecule has 0 amide bonds. The number of nitriles is 1. The standard InChI is InChI=1S/C16H16N4O3/c17-9-12-4-5-15(16(8-12)20(22)23)19-10-13(11-21)7-14-3-1-2-6-18-14/h1-6,8,13,19,21H,7,10-11H2. The first-order valence-electron chi connectivity index (χ1n) is 7.07. The maximum absolute atomic E-state index is 11.1. The number of nitro groups is 1. The molecule has 0 fully saturated rings. The van der Waals surface area contributed by atoms with Crippen LogP contribution >= 0.6 is 0 Å². The van der Waals surface area contributed by atoms with E-state index in [4.69, 9.17) is 5.26 Å². The number of nitro benzene ring substituents is 1. The van der Waals surface area contributed by atoms with E-state index in [-0.39, 0.29) is 23.8 Å². The second-order valence-electron chi connectivity index (χ2n) is 5.06. The van der Waals surface area contributed by atoms with Crippen molar-refractivity contribution in [3.05, 3.63) is 64.0 Å². The molecule has 1 aromatic carbocycles. The van der Waals surface area contributed by atoms with Gasteiger partial charge in [0, 0.05) is 37.0 Å². The number of hydrogen-bond donors (Lipinski definition) is 2. The molecule has 0 bridgehead atoms. The second-order valence-corrected chi connectivity index (χ2v) is 5.06. The summed E-state index contributed by atoms with van der Waals surface area (Å²) >= 11 is 0. The van der Waals surface area contributed by atoms with Crippen LogP contribution in [0.1, 0.15) is 11.3 Å². The van der Waals surface area contributed by atoms with E-state index < -0.39 is 4.92 Å². The van der Waals surface area contributed by atoms with E-state index in [1.807, 2.05) is 24.3 Å². The van der Waals surface area contributed by atoms with Gasteiger partial charge in [0.15, 0.2) is 0 Å². The SMILES string of the molecule is N#Cc1ccc(NCC(CO)Cc2ccccn2)c([N+](=O)[O-])c1. The van der Waals surface area contributed by atoms with Crippen molar-refractivity contribution in [1.82, 2.24) is 4.98 Å². The Morgan fingerprint density at radius 1 is 1.39 bits per heavy atom. The average molecular weight is 312 g/mol. The van der Waals surface area contributed by atoms with Crippen LogP contribution < -0.4 is 5.32 Å². The molecule has 7 nitrogen and oxygen atoms in total. The minimum Gasteiger partial charge on any atom is -0.396 e. The molecule has 0 aliphatic carbocycles. The minimum absolute atomic E-state index is 0.0619. The molecule has 2 N–H and O–H groups in total. The summed E-state index contributed by atoms with van der Waals surface area (Å²) in [4.78, 5) is 14.8. The quantitative estimate of drug-likeness (QED) is 0.598. The summed E-state index contributed by atoms with van der Waals surface area (Å²) in [6.07, 6.45) is 2.25. The minimum atomic E-state index is -0.532. The molecule has 1 aromatic heterocycles. The normalized spacial score (nSPS) is 11.5. The van der Waals surface area contributed by atoms with E-state index in [0.717, 1.165) is 5.69 Å². The number of hydrogen-bond acceptors (Lipinski definition) is 6. The third kappa shape index (κ3) is 4.49. The maximum Gasteiger partial charge on any atom is 0.293 e. The zero-order valence-electron chi connectivity index (χ0n) is 12.3. The summed E-state index contributed by atoms with van der Waals surface area (Å²) in [6.45, 7) is 0.299. The number of aliphatic hydroxyl groups is 1. The number of nitrogens with one attached hydrogen (secondary N) is 1. The Labute approximate surface area is 133 Å². The molecule has 0 saturated heterocycles. The molecule has 2 aromatic rings. The van der Waals surface area contributed by atoms with Crippen LogP contribution in [-0.2, 0) is 6.42 Å². The molecule has 23 heavy (non-hydrogen) atoms. The van der Waals surface area contributed by atoms with Gasteiger partial charge in [-0.15, -0.1) is 0 Å². The van der Waals surface area contributed by atoms with Crippen LogP contribution in [0.25, 0.3) is 0 Å². The van der Waals surface area contributed by atoms with Crippen LogP contribution in [0, 0.1) is 27.4 Å². The molecule has 2 rings (SSSR count). The van der Waals surface area contributed by atoms with Crippen LogP contribution in [0.4, 0.5) is 11.4 Å². The van der Waals surface area contributed by atoms with Gasteiger partial charge in [0.2, 0.25) is 0 Å². The van der Waals surface area contributed by atoms with E-state index in [1.54, 1.807) is 6.20 Å². The van der Waals surface area contributed by atoms with Crippen LogP contribution in [0.15, 0.2) is 42.6 Å². The van der Waals surface area contributed by atoms with Gasteiger partial charge in [-0.1, -0.05) is 6.07 Å². The molecule has 118 valence electrons. The molecule has 0 aliphatic rings. The summed E-state index contributed by atoms with van der Waals surface area (Å²) in [5.74, 6) is -0.125. The van der Waals surface area contributed by atoms with Crippen molar-refractivity contribution in [3.63, 3.8) is 0 Å². The van der Waals surface area contributed by atoms with Gasteiger partial charge in [-0.2, -0.15) is 5.26 Å². The zero-order chi connectivity index (χ0) is 16.7. The van der Waals surface area contributed by atoms with Gasteiger partial charge in [0.25, 0.3) is 5.69 Å². The lowest BCUT2D eigenvalue weighted by atomic mass is 10.0. The van der Waals surface area contributed by atoms with Crippen molar-refractivity contribution in [2.45, 2.75) is 6.42 Å². The number of anilines is 1. The first kappa shape index (κ1) is 16.4. The van der Waals surface area contributed by atoms with Crippen molar-refractivity contribution in [3.8, 4) is 6.07 Å². The van der Waals surface area contributed by atoms with Gasteiger partial charge in [-0.05, 0) is 30.7 Å². The third-order valence-corrected chi connectivity index (χ3v) is 3.39. The highest BCUT2D eigenvalue weighted by molar-refractivity contribution is 5.64. The van der Waals surface area contributed by atoms with Gasteiger partial charge in [-0.3, -0.25) is 15.1 Å². The largest absolute Gasteiger partial charge is 0.396 e. The smallest absolute Gasteiger partial charge is 0.293 e. The highest BCUT2D eigenvalue weighted by Crippen LogP contribution is 2.25. The monoisotopic (exact) mass is 312 g/mol. The molecular weight excluding hydrogens is 296 g/mol. The van der Waals surface area contributed by atoms with Crippen molar-refractivity contribution in [1.29, 1.82) is 5.26 Å². The maximum atomic E-state index is 11.1. The Morgan fingerprint density at radius 2 is 2.22 bits per heavy atom. The Morgan fingerprint density at radius 3 is 2.83 bits per heavy atom. The molecule has 1 heterocycles. The van der Waals surface area contributed by atoms with E-state index in [9.17, 15) is 15.2 Å². The average Bonchev–Trinajstić information content (AvgIpc) is 2.59. The third-order valence-electron chi connectivity index (χ3n) is 3.39. The summed E-state index contributed by atoms with van der Waals surface area (Å²) < 4.78 is 0. The molecular formula is C16H16N4O3. The topological polar surface area (TPSA) is 112 Å². The van der Waals surface area contributed by atoms with Gasteiger partial charge in [0.05, 0.1) is 16.6 Å². The fourth-order valence-corrected chi connectivity index (χ4v) is 2.17. The van der Waals surface area contributed by atoms with Crippen molar-refractivity contribution >= 4 is 11.4 Å². The number of rotatable bonds is 7. The lowest BCUT2D eigenvalue weighted by molar-refractivity contribution is -0.384. The van der Waals surface area contributed by atoms with Gasteiger partial charge < -0.3 is 10.4 Å². The number of pyridine rings is 1. The molecule has 0 saturated carbocycles. The Balaban J connectivity index is 2.07. The highest BCUT2D eigenvalue weighted by Gasteiger charge is 2.16. The number of benzene rings is 1. The molecule has 0 radical (unpaired) electrons. The van der Waals surface area contributed by atoms with Crippen LogP contribution in [0.3, 0.4) is 0 Å². The summed E-state index contributed by atoms with van der Waals surface area (Å²) in [7, 11) is 0. The van der Waals surface area contributed by atoms with Gasteiger partial charge in [0.1, 0.15) is 5.69 Å². The Kier molecular flexibility index (Phi) is 5.61. The number of aromatic nitrogens is 1. The van der Waals surface area contributed by atoms with Crippen molar-refractivity contribution < 1.29 is 10.0 Å². The van der Waals surface area contributed by atoms with Crippen LogP contribution in [0.5, 0.6) is 0 Å². The molecule has 1 atom stereocenters. The predicted molar refractivity (Wildman–Crippen MR) is 84.8 cm³/mol. The lowest BCUT2D eigenvalue weighted by Crippen LogP contribution is -2.21. The molecule has 0 spiro atoms. The van der Waals surface area contributed by atoms with E-state index in [2.05, 4.69) is 10.3 Å². The summed E-state index contributed by atoms with van der Waals surface area (Å²) in [5.41, 5.74) is 1.25. The Bertz CT molecular complexity index is 713. The fraction of sp³-hybridized carbons (Fsp3) is 0.250. The van der Waals surface area contributed by atoms with Crippen LogP contribution in [-0.4, -0.2) is 28.2 Å². The van der Waals surface area contributed by atoms with E-state index >= 15 is 0 Å². The predicted octanol–water partition coefficient (Wildman–Crippen LogP) is 2.12. The summed E-state index contributed by atoms with van der Waals surface area (Å²) in [6, 6.07) is 11.7. The molecule has 1 unspecified atom stereocenters. The second kappa shape index (κ2) is 7.87. The molecule has 0 aliphatic heterocycles. The first-order chi connectivity index (χ1) is 11.1. The number of aliphatic hydroxyl groups excluding tert-OH is 1. The van der Waals surface area contributed by atoms with E-state index in [0.29, 0.717) is 18.7 Å². The highest BCUT2D eigenvalue weighted by atomic mass is 16.6. The Hall–Kier alpha value is -2.98. The zero-order valence-corrected chi connectivity index (χ0v) is 12.3. The van der Waals surface area contributed by atoms with E-state index in [1.165, 1.54) is 18.2 Å². The van der Waals surface area contributed by atoms with Gasteiger partial charge in [-0.25, -0.2) is 0 Å². The molecule has 7 heteroatoms. The van der Waals surface area contributed by atoms with Crippen molar-refractivity contribution in [2.24, 2.45) is 5.92 Å². The summed E-state index contributed by atoms with van der Waals surface area (Å²) in [5, 5.41) is 32.4. The fourth-order valence-electron chi connectivity index (χ4n) is 2.17.